The molecule has 11 heteroatoms. The summed E-state index contributed by atoms with van der Waals surface area (Å²) in [6, 6.07) is 13.0. The third-order valence-electron chi connectivity index (χ3n) is 5.39. The molecule has 1 aliphatic heterocycles. The van der Waals surface area contributed by atoms with Gasteiger partial charge in [0.25, 0.3) is 10.0 Å². The molecule has 1 saturated heterocycles. The molecule has 0 aliphatic carbocycles. The van der Waals surface area contributed by atoms with Gasteiger partial charge in [-0.1, -0.05) is 30.3 Å². The maximum Gasteiger partial charge on any atom is 0.491 e. The summed E-state index contributed by atoms with van der Waals surface area (Å²) in [5, 5.41) is 0.313. The predicted molar refractivity (Wildman–Crippen MR) is 113 cm³/mol. The lowest BCUT2D eigenvalue weighted by atomic mass is 10.1. The lowest BCUT2D eigenvalue weighted by Crippen LogP contribution is -2.29. The summed E-state index contributed by atoms with van der Waals surface area (Å²) in [6.07, 6.45) is -4.47. The topological polar surface area (TPSA) is 77.8 Å². The standard InChI is InChI=1S/C22H21F3N2O5S/c1-26-11-10-16(13-26)31-14-15-6-5-9-19-18(15)12-20(32-21(28)22(23,24)25)27(19)33(29,30)17-7-3-2-4-8-17/h2-9,12,16H,10-11,13-14H2,1H3. The van der Waals surface area contributed by atoms with Crippen LogP contribution in [0.5, 0.6) is 5.88 Å². The highest BCUT2D eigenvalue weighted by Crippen LogP contribution is 2.34. The van der Waals surface area contributed by atoms with E-state index in [1.54, 1.807) is 18.2 Å². The number of halogens is 3. The van der Waals surface area contributed by atoms with E-state index in [0.29, 0.717) is 14.9 Å². The van der Waals surface area contributed by atoms with Gasteiger partial charge in [0.2, 0.25) is 5.88 Å². The number of aromatic nitrogens is 1. The van der Waals surface area contributed by atoms with Crippen LogP contribution in [0.25, 0.3) is 10.9 Å². The minimum atomic E-state index is -5.29. The maximum absolute atomic E-state index is 13.3. The maximum atomic E-state index is 13.3. The Morgan fingerprint density at radius 3 is 2.48 bits per heavy atom. The number of esters is 1. The molecular formula is C22H21F3N2O5S. The first-order chi connectivity index (χ1) is 15.6. The molecule has 0 amide bonds. The number of carbonyl (C=O) groups is 1. The van der Waals surface area contributed by atoms with Crippen LogP contribution >= 0.6 is 0 Å². The Morgan fingerprint density at radius 2 is 1.85 bits per heavy atom. The van der Waals surface area contributed by atoms with E-state index in [4.69, 9.17) is 4.74 Å². The van der Waals surface area contributed by atoms with Crippen molar-refractivity contribution in [3.05, 3.63) is 60.2 Å². The molecule has 1 aromatic heterocycles. The molecule has 0 radical (unpaired) electrons. The summed E-state index contributed by atoms with van der Waals surface area (Å²) in [5.41, 5.74) is 0.641. The minimum absolute atomic E-state index is 0.0112. The molecule has 0 spiro atoms. The second-order valence-electron chi connectivity index (χ2n) is 7.79. The first kappa shape index (κ1) is 23.3. The van der Waals surface area contributed by atoms with Crippen LogP contribution in [0.3, 0.4) is 0 Å². The Hall–Kier alpha value is -2.89. The van der Waals surface area contributed by atoms with Crippen LogP contribution in [0.4, 0.5) is 13.2 Å². The molecule has 4 rings (SSSR count). The summed E-state index contributed by atoms with van der Waals surface area (Å²) in [4.78, 5) is 13.5. The molecule has 1 fully saturated rings. The van der Waals surface area contributed by atoms with Gasteiger partial charge in [-0.25, -0.2) is 17.2 Å². The predicted octanol–water partition coefficient (Wildman–Crippen LogP) is 3.57. The molecule has 0 N–H and O–H groups in total. The van der Waals surface area contributed by atoms with E-state index in [0.717, 1.165) is 25.6 Å². The van der Waals surface area contributed by atoms with Gasteiger partial charge >= 0.3 is 12.1 Å². The summed E-state index contributed by atoms with van der Waals surface area (Å²) >= 11 is 0. The number of likely N-dealkylation sites (N-methyl/N-ethyl adjacent to an activating group) is 1. The molecule has 176 valence electrons. The van der Waals surface area contributed by atoms with Crippen LogP contribution in [0, 0.1) is 0 Å². The van der Waals surface area contributed by atoms with E-state index < -0.39 is 28.0 Å². The molecule has 0 bridgehead atoms. The van der Waals surface area contributed by atoms with E-state index in [9.17, 15) is 26.4 Å². The zero-order valence-electron chi connectivity index (χ0n) is 17.6. The van der Waals surface area contributed by atoms with Gasteiger partial charge in [-0.3, -0.25) is 0 Å². The Morgan fingerprint density at radius 1 is 1.12 bits per heavy atom. The fourth-order valence-electron chi connectivity index (χ4n) is 3.78. The van der Waals surface area contributed by atoms with Crippen molar-refractivity contribution in [2.75, 3.05) is 20.1 Å². The first-order valence-electron chi connectivity index (χ1n) is 10.1. The van der Waals surface area contributed by atoms with Crippen LogP contribution in [0.2, 0.25) is 0 Å². The number of rotatable bonds is 6. The van der Waals surface area contributed by atoms with E-state index in [2.05, 4.69) is 9.64 Å². The lowest BCUT2D eigenvalue weighted by molar-refractivity contribution is -0.190. The van der Waals surface area contributed by atoms with Crippen molar-refractivity contribution in [2.24, 2.45) is 0 Å². The minimum Gasteiger partial charge on any atom is -0.402 e. The summed E-state index contributed by atoms with van der Waals surface area (Å²) < 4.78 is 76.4. The summed E-state index contributed by atoms with van der Waals surface area (Å²) in [5.74, 6) is -3.26. The van der Waals surface area contributed by atoms with Crippen molar-refractivity contribution >= 4 is 26.9 Å². The largest absolute Gasteiger partial charge is 0.491 e. The Balaban J connectivity index is 1.80. The van der Waals surface area contributed by atoms with Gasteiger partial charge < -0.3 is 14.4 Å². The second-order valence-corrected chi connectivity index (χ2v) is 9.57. The molecule has 0 saturated carbocycles. The highest BCUT2D eigenvalue weighted by atomic mass is 32.2. The monoisotopic (exact) mass is 482 g/mol. The second kappa shape index (κ2) is 8.81. The number of hydrogen-bond donors (Lipinski definition) is 0. The van der Waals surface area contributed by atoms with Crippen LogP contribution < -0.4 is 4.74 Å². The van der Waals surface area contributed by atoms with E-state index in [-0.39, 0.29) is 23.1 Å². The number of hydrogen-bond acceptors (Lipinski definition) is 6. The smallest absolute Gasteiger partial charge is 0.402 e. The molecule has 7 nitrogen and oxygen atoms in total. The van der Waals surface area contributed by atoms with Crippen molar-refractivity contribution in [1.82, 2.24) is 8.87 Å². The highest BCUT2D eigenvalue weighted by Gasteiger charge is 2.42. The molecule has 3 aromatic rings. The number of ether oxygens (including phenoxy) is 2. The molecule has 2 heterocycles. The number of fused-ring (bicyclic) bond motifs is 1. The Kier molecular flexibility index (Phi) is 6.21. The van der Waals surface area contributed by atoms with Gasteiger partial charge in [0, 0.05) is 24.5 Å². The van der Waals surface area contributed by atoms with Crippen LogP contribution in [0.1, 0.15) is 12.0 Å². The summed E-state index contributed by atoms with van der Waals surface area (Å²) in [6.45, 7) is 1.75. The molecule has 33 heavy (non-hydrogen) atoms. The lowest BCUT2D eigenvalue weighted by Gasteiger charge is -2.13. The zero-order valence-corrected chi connectivity index (χ0v) is 18.4. The van der Waals surface area contributed by atoms with E-state index >= 15 is 0 Å². The Labute approximate surface area is 188 Å². The van der Waals surface area contributed by atoms with Crippen molar-refractivity contribution in [1.29, 1.82) is 0 Å². The van der Waals surface area contributed by atoms with Crippen molar-refractivity contribution in [3.8, 4) is 5.88 Å². The number of likely N-dealkylation sites (tertiary alicyclic amines) is 1. The number of alkyl halides is 3. The molecule has 1 aliphatic rings. The zero-order chi connectivity index (χ0) is 23.8. The average Bonchev–Trinajstić information content (AvgIpc) is 3.35. The van der Waals surface area contributed by atoms with Gasteiger partial charge in [-0.05, 0) is 37.2 Å². The van der Waals surface area contributed by atoms with Gasteiger partial charge in [0.05, 0.1) is 23.1 Å². The fourth-order valence-corrected chi connectivity index (χ4v) is 5.23. The number of benzene rings is 2. The summed E-state index contributed by atoms with van der Waals surface area (Å²) in [7, 11) is -2.40. The third kappa shape index (κ3) is 4.75. The van der Waals surface area contributed by atoms with Gasteiger partial charge in [0.15, 0.2) is 0 Å². The fraction of sp³-hybridized carbons (Fsp3) is 0.318. The average molecular weight is 482 g/mol. The van der Waals surface area contributed by atoms with Gasteiger partial charge in [-0.2, -0.15) is 13.2 Å². The van der Waals surface area contributed by atoms with Crippen molar-refractivity contribution in [2.45, 2.75) is 30.2 Å². The van der Waals surface area contributed by atoms with E-state index in [1.165, 1.54) is 30.3 Å². The van der Waals surface area contributed by atoms with Crippen molar-refractivity contribution in [3.63, 3.8) is 0 Å². The number of nitrogens with zero attached hydrogens (tertiary/aromatic N) is 2. The normalized spacial score (nSPS) is 17.5. The number of carbonyl (C=O) groups excluding carboxylic acids is 1. The van der Waals surface area contributed by atoms with Gasteiger partial charge in [0.1, 0.15) is 0 Å². The molecule has 2 aromatic carbocycles. The van der Waals surface area contributed by atoms with Crippen LogP contribution in [-0.2, 0) is 26.2 Å². The molecule has 1 unspecified atom stereocenters. The highest BCUT2D eigenvalue weighted by molar-refractivity contribution is 7.90. The van der Waals surface area contributed by atoms with Crippen LogP contribution in [-0.4, -0.2) is 55.7 Å². The Bertz CT molecular complexity index is 1270. The quantitative estimate of drug-likeness (QED) is 0.500. The first-order valence-corrected chi connectivity index (χ1v) is 11.5. The van der Waals surface area contributed by atoms with Crippen LogP contribution in [0.15, 0.2) is 59.5 Å². The van der Waals surface area contributed by atoms with Gasteiger partial charge in [-0.15, -0.1) is 0 Å². The van der Waals surface area contributed by atoms with E-state index in [1.807, 2.05) is 7.05 Å². The molecule has 1 atom stereocenters. The van der Waals surface area contributed by atoms with Crippen molar-refractivity contribution < 1.29 is 35.9 Å². The third-order valence-corrected chi connectivity index (χ3v) is 7.12. The SMILES string of the molecule is CN1CCC(OCc2cccc3c2cc(OC(=O)C(F)(F)F)n3S(=O)(=O)c2ccccc2)C1. The molecular weight excluding hydrogens is 461 g/mol.